The smallest absolute Gasteiger partial charge is 0.508 e. The van der Waals surface area contributed by atoms with Gasteiger partial charge in [0.15, 0.2) is 0 Å². The van der Waals surface area contributed by atoms with Crippen LogP contribution < -0.4 is 4.74 Å². The van der Waals surface area contributed by atoms with Gasteiger partial charge in [-0.15, -0.1) is 0 Å². The quantitative estimate of drug-likeness (QED) is 0.628. The highest BCUT2D eigenvalue weighted by atomic mass is 16.7. The standard InChI is InChI=1S/C21H22N2O6/c1-2-28-21(27)29-18-8-6-15(7-9-18)19(25)22-10-12-23(13-11-22)20(26)16-4-3-5-17(24)14-16/h3-9,14,24H,2,10-13H2,1H3. The monoisotopic (exact) mass is 398 g/mol. The molecular formula is C21H22N2O6. The number of rotatable bonds is 4. The second kappa shape index (κ2) is 9.09. The maximum Gasteiger partial charge on any atom is 0.513 e. The second-order valence-corrected chi connectivity index (χ2v) is 6.44. The summed E-state index contributed by atoms with van der Waals surface area (Å²) in [6, 6.07) is 12.5. The van der Waals surface area contributed by atoms with E-state index < -0.39 is 6.16 Å². The Morgan fingerprint density at radius 2 is 1.48 bits per heavy atom. The van der Waals surface area contributed by atoms with E-state index in [4.69, 9.17) is 9.47 Å². The third-order valence-corrected chi connectivity index (χ3v) is 4.51. The van der Waals surface area contributed by atoms with Crippen molar-refractivity contribution in [3.8, 4) is 11.5 Å². The van der Waals surface area contributed by atoms with Gasteiger partial charge in [-0.1, -0.05) is 6.07 Å². The lowest BCUT2D eigenvalue weighted by Gasteiger charge is -2.35. The van der Waals surface area contributed by atoms with Crippen LogP contribution in [0.5, 0.6) is 11.5 Å². The number of piperazine rings is 1. The number of phenolic OH excluding ortho intramolecular Hbond substituents is 1. The predicted octanol–water partition coefficient (Wildman–Crippen LogP) is 2.53. The van der Waals surface area contributed by atoms with Crippen molar-refractivity contribution >= 4 is 18.0 Å². The summed E-state index contributed by atoms with van der Waals surface area (Å²) in [5.74, 6) is 0.00665. The van der Waals surface area contributed by atoms with Crippen molar-refractivity contribution < 1.29 is 29.0 Å². The summed E-state index contributed by atoms with van der Waals surface area (Å²) in [4.78, 5) is 39.9. The molecule has 0 bridgehead atoms. The zero-order valence-electron chi connectivity index (χ0n) is 16.0. The van der Waals surface area contributed by atoms with Crippen LogP contribution >= 0.6 is 0 Å². The van der Waals surface area contributed by atoms with Crippen molar-refractivity contribution in [1.29, 1.82) is 0 Å². The number of ether oxygens (including phenoxy) is 2. The molecule has 2 aromatic rings. The van der Waals surface area contributed by atoms with Gasteiger partial charge >= 0.3 is 6.16 Å². The Morgan fingerprint density at radius 1 is 0.897 bits per heavy atom. The lowest BCUT2D eigenvalue weighted by atomic mass is 10.1. The molecule has 0 aromatic heterocycles. The molecule has 0 atom stereocenters. The highest BCUT2D eigenvalue weighted by Gasteiger charge is 2.25. The van der Waals surface area contributed by atoms with E-state index in [9.17, 15) is 19.5 Å². The Labute approximate surface area is 168 Å². The second-order valence-electron chi connectivity index (χ2n) is 6.44. The first kappa shape index (κ1) is 20.2. The maximum atomic E-state index is 12.7. The molecule has 1 heterocycles. The molecule has 3 rings (SSSR count). The van der Waals surface area contributed by atoms with Crippen LogP contribution in [0.25, 0.3) is 0 Å². The van der Waals surface area contributed by atoms with E-state index >= 15 is 0 Å². The molecule has 0 saturated carbocycles. The maximum absolute atomic E-state index is 12.7. The van der Waals surface area contributed by atoms with Crippen LogP contribution in [-0.4, -0.2) is 65.7 Å². The Balaban J connectivity index is 1.56. The van der Waals surface area contributed by atoms with Crippen LogP contribution in [-0.2, 0) is 4.74 Å². The van der Waals surface area contributed by atoms with Crippen LogP contribution in [0.2, 0.25) is 0 Å². The number of hydrogen-bond acceptors (Lipinski definition) is 6. The van der Waals surface area contributed by atoms with Crippen LogP contribution in [0.15, 0.2) is 48.5 Å². The zero-order chi connectivity index (χ0) is 20.8. The van der Waals surface area contributed by atoms with Gasteiger partial charge in [-0.3, -0.25) is 9.59 Å². The van der Waals surface area contributed by atoms with Crippen LogP contribution in [0.1, 0.15) is 27.6 Å². The van der Waals surface area contributed by atoms with E-state index in [-0.39, 0.29) is 24.2 Å². The summed E-state index contributed by atoms with van der Waals surface area (Å²) >= 11 is 0. The van der Waals surface area contributed by atoms with E-state index in [1.807, 2.05) is 0 Å². The number of phenols is 1. The largest absolute Gasteiger partial charge is 0.513 e. The average Bonchev–Trinajstić information content (AvgIpc) is 2.73. The van der Waals surface area contributed by atoms with Gasteiger partial charge in [0.1, 0.15) is 11.5 Å². The van der Waals surface area contributed by atoms with Gasteiger partial charge in [0, 0.05) is 37.3 Å². The lowest BCUT2D eigenvalue weighted by molar-refractivity contribution is 0.0535. The predicted molar refractivity (Wildman–Crippen MR) is 104 cm³/mol. The number of aromatic hydroxyl groups is 1. The molecular weight excluding hydrogens is 376 g/mol. The average molecular weight is 398 g/mol. The molecule has 152 valence electrons. The molecule has 1 N–H and O–H groups in total. The lowest BCUT2D eigenvalue weighted by Crippen LogP contribution is -2.50. The molecule has 2 aromatic carbocycles. The molecule has 8 nitrogen and oxygen atoms in total. The Hall–Kier alpha value is -3.55. The molecule has 8 heteroatoms. The molecule has 0 radical (unpaired) electrons. The minimum absolute atomic E-state index is 0.0417. The highest BCUT2D eigenvalue weighted by molar-refractivity contribution is 5.96. The van der Waals surface area contributed by atoms with Gasteiger partial charge in [-0.2, -0.15) is 0 Å². The van der Waals surface area contributed by atoms with Crippen molar-refractivity contribution in [2.24, 2.45) is 0 Å². The van der Waals surface area contributed by atoms with E-state index in [0.717, 1.165) is 0 Å². The molecule has 0 aliphatic carbocycles. The van der Waals surface area contributed by atoms with E-state index in [1.165, 1.54) is 24.3 Å². The zero-order valence-corrected chi connectivity index (χ0v) is 16.0. The summed E-state index contributed by atoms with van der Waals surface area (Å²) in [6.07, 6.45) is -0.792. The first-order chi connectivity index (χ1) is 14.0. The molecule has 0 unspecified atom stereocenters. The third kappa shape index (κ3) is 5.04. The van der Waals surface area contributed by atoms with Crippen molar-refractivity contribution in [2.45, 2.75) is 6.92 Å². The van der Waals surface area contributed by atoms with E-state index in [0.29, 0.717) is 43.1 Å². The highest BCUT2D eigenvalue weighted by Crippen LogP contribution is 2.17. The SMILES string of the molecule is CCOC(=O)Oc1ccc(C(=O)N2CCN(C(=O)c3cccc(O)c3)CC2)cc1. The molecule has 29 heavy (non-hydrogen) atoms. The van der Waals surface area contributed by atoms with Gasteiger partial charge < -0.3 is 24.4 Å². The molecule has 1 aliphatic heterocycles. The van der Waals surface area contributed by atoms with Crippen molar-refractivity contribution in [3.05, 3.63) is 59.7 Å². The summed E-state index contributed by atoms with van der Waals surface area (Å²) < 4.78 is 9.68. The number of amides is 2. The molecule has 2 amide bonds. The van der Waals surface area contributed by atoms with Crippen LogP contribution in [0, 0.1) is 0 Å². The molecule has 1 saturated heterocycles. The van der Waals surface area contributed by atoms with Gasteiger partial charge in [0.05, 0.1) is 6.61 Å². The topological polar surface area (TPSA) is 96.4 Å². The van der Waals surface area contributed by atoms with Gasteiger partial charge in [-0.25, -0.2) is 4.79 Å². The Bertz CT molecular complexity index is 888. The van der Waals surface area contributed by atoms with E-state index in [2.05, 4.69) is 0 Å². The normalized spacial score (nSPS) is 13.7. The summed E-state index contributed by atoms with van der Waals surface area (Å²) in [5, 5.41) is 9.54. The van der Waals surface area contributed by atoms with Crippen LogP contribution in [0.3, 0.4) is 0 Å². The number of hydrogen-bond donors (Lipinski definition) is 1. The fourth-order valence-electron chi connectivity index (χ4n) is 3.03. The first-order valence-corrected chi connectivity index (χ1v) is 9.30. The number of carbonyl (C=O) groups excluding carboxylic acids is 3. The van der Waals surface area contributed by atoms with Crippen molar-refractivity contribution in [1.82, 2.24) is 9.80 Å². The van der Waals surface area contributed by atoms with E-state index in [1.54, 1.807) is 41.0 Å². The Kier molecular flexibility index (Phi) is 6.33. The minimum Gasteiger partial charge on any atom is -0.508 e. The fourth-order valence-corrected chi connectivity index (χ4v) is 3.03. The van der Waals surface area contributed by atoms with Crippen molar-refractivity contribution in [3.63, 3.8) is 0 Å². The van der Waals surface area contributed by atoms with Gasteiger partial charge in [0.25, 0.3) is 11.8 Å². The number of benzene rings is 2. The van der Waals surface area contributed by atoms with Crippen molar-refractivity contribution in [2.75, 3.05) is 32.8 Å². The third-order valence-electron chi connectivity index (χ3n) is 4.51. The van der Waals surface area contributed by atoms with Gasteiger partial charge in [0.2, 0.25) is 0 Å². The number of carbonyl (C=O) groups is 3. The molecule has 1 aliphatic rings. The van der Waals surface area contributed by atoms with Crippen LogP contribution in [0.4, 0.5) is 4.79 Å². The summed E-state index contributed by atoms with van der Waals surface area (Å²) in [6.45, 7) is 3.53. The van der Waals surface area contributed by atoms with Gasteiger partial charge in [-0.05, 0) is 49.4 Å². The fraction of sp³-hybridized carbons (Fsp3) is 0.286. The first-order valence-electron chi connectivity index (χ1n) is 9.30. The summed E-state index contributed by atoms with van der Waals surface area (Å²) in [5.41, 5.74) is 0.885. The molecule has 0 spiro atoms. The minimum atomic E-state index is -0.792. The molecule has 1 fully saturated rings. The summed E-state index contributed by atoms with van der Waals surface area (Å²) in [7, 11) is 0. The Morgan fingerprint density at radius 3 is 2.03 bits per heavy atom. The number of nitrogens with zero attached hydrogens (tertiary/aromatic N) is 2.